The van der Waals surface area contributed by atoms with Crippen LogP contribution in [0.15, 0.2) is 41.6 Å². The maximum atomic E-state index is 13.3. The van der Waals surface area contributed by atoms with E-state index in [2.05, 4.69) is 5.16 Å². The fraction of sp³-hybridized carbons (Fsp3) is 0.133. The maximum absolute atomic E-state index is 13.3. The van der Waals surface area contributed by atoms with Crippen molar-refractivity contribution in [2.24, 2.45) is 10.9 Å². The molecule has 0 fully saturated rings. The minimum atomic E-state index is -0.478. The van der Waals surface area contributed by atoms with Gasteiger partial charge in [-0.05, 0) is 36.8 Å². The van der Waals surface area contributed by atoms with Gasteiger partial charge in [-0.15, -0.1) is 0 Å². The Kier molecular flexibility index (Phi) is 4.65. The highest BCUT2D eigenvalue weighted by atomic mass is 35.5. The molecule has 0 amide bonds. The fourth-order valence-corrected chi connectivity index (χ4v) is 2.02. The van der Waals surface area contributed by atoms with Crippen molar-refractivity contribution in [1.82, 2.24) is 0 Å². The summed E-state index contributed by atoms with van der Waals surface area (Å²) >= 11 is 6.04. The van der Waals surface area contributed by atoms with E-state index in [0.29, 0.717) is 16.3 Å². The lowest BCUT2D eigenvalue weighted by atomic mass is 10.1. The molecule has 0 saturated heterocycles. The van der Waals surface area contributed by atoms with Crippen LogP contribution in [0.4, 0.5) is 4.39 Å². The Morgan fingerprint density at radius 2 is 2.10 bits per heavy atom. The molecule has 0 aliphatic carbocycles. The van der Waals surface area contributed by atoms with Gasteiger partial charge >= 0.3 is 0 Å². The highest BCUT2D eigenvalue weighted by Crippen LogP contribution is 2.26. The van der Waals surface area contributed by atoms with Gasteiger partial charge in [-0.25, -0.2) is 4.39 Å². The third kappa shape index (κ3) is 3.64. The number of oxime groups is 1. The largest absolute Gasteiger partial charge is 0.487 e. The van der Waals surface area contributed by atoms with E-state index in [4.69, 9.17) is 27.3 Å². The highest BCUT2D eigenvalue weighted by Gasteiger charge is 2.10. The molecule has 3 N–H and O–H groups in total. The smallest absolute Gasteiger partial charge is 0.170 e. The summed E-state index contributed by atoms with van der Waals surface area (Å²) in [5.74, 6) is -0.135. The Morgan fingerprint density at radius 3 is 2.81 bits per heavy atom. The second-order valence-electron chi connectivity index (χ2n) is 4.51. The van der Waals surface area contributed by atoms with Crippen LogP contribution in [0.5, 0.6) is 5.75 Å². The average molecular weight is 309 g/mol. The van der Waals surface area contributed by atoms with Crippen LogP contribution in [-0.2, 0) is 6.61 Å². The minimum Gasteiger partial charge on any atom is -0.487 e. The number of nitrogens with zero attached hydrogens (tertiary/aromatic N) is 1. The van der Waals surface area contributed by atoms with E-state index in [9.17, 15) is 4.39 Å². The Labute approximate surface area is 126 Å². The molecule has 0 saturated carbocycles. The molecule has 2 aromatic carbocycles. The van der Waals surface area contributed by atoms with Crippen LogP contribution in [0.2, 0.25) is 5.02 Å². The SMILES string of the molecule is Cc1ccc(Cl)c(OCc2ccc(F)cc2C(N)=NO)c1. The van der Waals surface area contributed by atoms with Crippen LogP contribution < -0.4 is 10.5 Å². The lowest BCUT2D eigenvalue weighted by molar-refractivity contribution is 0.305. The predicted octanol–water partition coefficient (Wildman–Crippen LogP) is 3.46. The van der Waals surface area contributed by atoms with Gasteiger partial charge in [-0.2, -0.15) is 0 Å². The number of nitrogens with two attached hydrogens (primary N) is 1. The molecule has 0 spiro atoms. The van der Waals surface area contributed by atoms with Crippen LogP contribution in [0, 0.1) is 12.7 Å². The summed E-state index contributed by atoms with van der Waals surface area (Å²) in [5.41, 5.74) is 7.41. The summed E-state index contributed by atoms with van der Waals surface area (Å²) in [6.45, 7) is 2.04. The zero-order chi connectivity index (χ0) is 15.4. The zero-order valence-electron chi connectivity index (χ0n) is 11.3. The van der Waals surface area contributed by atoms with Crippen molar-refractivity contribution in [3.05, 3.63) is 63.9 Å². The van der Waals surface area contributed by atoms with Gasteiger partial charge in [0, 0.05) is 11.1 Å². The molecule has 4 nitrogen and oxygen atoms in total. The lowest BCUT2D eigenvalue weighted by Crippen LogP contribution is -2.17. The van der Waals surface area contributed by atoms with E-state index in [1.807, 2.05) is 13.0 Å². The topological polar surface area (TPSA) is 67.8 Å². The Bertz CT molecular complexity index is 689. The van der Waals surface area contributed by atoms with Crippen molar-refractivity contribution in [2.75, 3.05) is 0 Å². The number of amidine groups is 1. The molecule has 0 atom stereocenters. The van der Waals surface area contributed by atoms with Crippen molar-refractivity contribution < 1.29 is 14.3 Å². The van der Waals surface area contributed by atoms with Gasteiger partial charge < -0.3 is 15.7 Å². The number of ether oxygens (including phenoxy) is 1. The summed E-state index contributed by atoms with van der Waals surface area (Å²) in [6, 6.07) is 9.40. The number of benzene rings is 2. The van der Waals surface area contributed by atoms with Gasteiger partial charge in [0.05, 0.1) is 5.02 Å². The molecule has 21 heavy (non-hydrogen) atoms. The molecule has 0 heterocycles. The monoisotopic (exact) mass is 308 g/mol. The third-order valence-corrected chi connectivity index (χ3v) is 3.24. The Morgan fingerprint density at radius 1 is 1.33 bits per heavy atom. The van der Waals surface area contributed by atoms with Crippen molar-refractivity contribution in [3.8, 4) is 5.75 Å². The van der Waals surface area contributed by atoms with E-state index < -0.39 is 5.82 Å². The second-order valence-corrected chi connectivity index (χ2v) is 4.92. The third-order valence-electron chi connectivity index (χ3n) is 2.93. The molecule has 0 aliphatic rings. The first-order valence-electron chi connectivity index (χ1n) is 6.16. The molecule has 2 rings (SSSR count). The standard InChI is InChI=1S/C15H14ClFN2O2/c1-9-2-5-13(16)14(6-9)21-8-10-3-4-11(17)7-12(10)15(18)19-20/h2-7,20H,8H2,1H3,(H2,18,19). The summed E-state index contributed by atoms with van der Waals surface area (Å²) in [7, 11) is 0. The molecule has 6 heteroatoms. The number of hydrogen-bond donors (Lipinski definition) is 2. The highest BCUT2D eigenvalue weighted by molar-refractivity contribution is 6.32. The molecule has 2 aromatic rings. The summed E-state index contributed by atoms with van der Waals surface area (Å²) in [5, 5.41) is 12.1. The van der Waals surface area contributed by atoms with Crippen molar-refractivity contribution in [2.45, 2.75) is 13.5 Å². The zero-order valence-corrected chi connectivity index (χ0v) is 12.1. The van der Waals surface area contributed by atoms with Crippen LogP contribution in [0.3, 0.4) is 0 Å². The van der Waals surface area contributed by atoms with E-state index in [1.165, 1.54) is 18.2 Å². The summed E-state index contributed by atoms with van der Waals surface area (Å²) in [6.07, 6.45) is 0. The molecule has 0 bridgehead atoms. The van der Waals surface area contributed by atoms with Gasteiger partial charge in [-0.1, -0.05) is 28.9 Å². The van der Waals surface area contributed by atoms with Crippen molar-refractivity contribution in [3.63, 3.8) is 0 Å². The number of halogens is 2. The van der Waals surface area contributed by atoms with Crippen LogP contribution >= 0.6 is 11.6 Å². The molecule has 0 aliphatic heterocycles. The molecular formula is C15H14ClFN2O2. The van der Waals surface area contributed by atoms with E-state index in [1.54, 1.807) is 12.1 Å². The van der Waals surface area contributed by atoms with Gasteiger partial charge in [-0.3, -0.25) is 0 Å². The number of rotatable bonds is 4. The van der Waals surface area contributed by atoms with Crippen molar-refractivity contribution >= 4 is 17.4 Å². The quantitative estimate of drug-likeness (QED) is 0.393. The van der Waals surface area contributed by atoms with Gasteiger partial charge in [0.25, 0.3) is 0 Å². The van der Waals surface area contributed by atoms with E-state index in [0.717, 1.165) is 5.56 Å². The molecule has 0 radical (unpaired) electrons. The first-order valence-corrected chi connectivity index (χ1v) is 6.54. The molecule has 110 valence electrons. The first-order chi connectivity index (χ1) is 10.0. The molecular weight excluding hydrogens is 295 g/mol. The van der Waals surface area contributed by atoms with Gasteiger partial charge in [0.1, 0.15) is 18.2 Å². The number of aryl methyl sites for hydroxylation is 1. The summed E-state index contributed by atoms with van der Waals surface area (Å²) in [4.78, 5) is 0. The predicted molar refractivity (Wildman–Crippen MR) is 79.4 cm³/mol. The van der Waals surface area contributed by atoms with Crippen LogP contribution in [-0.4, -0.2) is 11.0 Å². The minimum absolute atomic E-state index is 0.120. The van der Waals surface area contributed by atoms with E-state index >= 15 is 0 Å². The number of hydrogen-bond acceptors (Lipinski definition) is 3. The average Bonchev–Trinajstić information content (AvgIpc) is 2.48. The van der Waals surface area contributed by atoms with Crippen LogP contribution in [0.25, 0.3) is 0 Å². The van der Waals surface area contributed by atoms with E-state index in [-0.39, 0.29) is 18.0 Å². The molecule has 0 aromatic heterocycles. The lowest BCUT2D eigenvalue weighted by Gasteiger charge is -2.12. The van der Waals surface area contributed by atoms with Crippen molar-refractivity contribution in [1.29, 1.82) is 0 Å². The van der Waals surface area contributed by atoms with Gasteiger partial charge in [0.15, 0.2) is 5.84 Å². The maximum Gasteiger partial charge on any atom is 0.170 e. The Balaban J connectivity index is 2.26. The van der Waals surface area contributed by atoms with Crippen LogP contribution in [0.1, 0.15) is 16.7 Å². The molecule has 0 unspecified atom stereocenters. The normalized spacial score (nSPS) is 11.5. The summed E-state index contributed by atoms with van der Waals surface area (Å²) < 4.78 is 18.9. The first kappa shape index (κ1) is 15.1. The Hall–Kier alpha value is -2.27. The van der Waals surface area contributed by atoms with Gasteiger partial charge in [0.2, 0.25) is 0 Å². The second kappa shape index (κ2) is 6.45. The fourth-order valence-electron chi connectivity index (χ4n) is 1.84.